The summed E-state index contributed by atoms with van der Waals surface area (Å²) in [5, 5.41) is 18.4. The molecule has 0 aliphatic heterocycles. The van der Waals surface area contributed by atoms with Gasteiger partial charge in [-0.1, -0.05) is 32.4 Å². The average Bonchev–Trinajstić information content (AvgIpc) is 2.39. The van der Waals surface area contributed by atoms with Gasteiger partial charge in [0.15, 0.2) is 6.79 Å². The molecule has 0 amide bonds. The van der Waals surface area contributed by atoms with Crippen LogP contribution < -0.4 is 0 Å². The number of unbranched alkanes of at least 4 members (excludes halogenated alkanes) is 4. The van der Waals surface area contributed by atoms with Crippen molar-refractivity contribution in [1.29, 1.82) is 0 Å². The first-order chi connectivity index (χ1) is 9.45. The molecule has 0 rings (SSSR count). The molecule has 0 aromatic carbocycles. The van der Waals surface area contributed by atoms with Crippen molar-refractivity contribution in [3.8, 4) is 0 Å². The van der Waals surface area contributed by atoms with E-state index < -0.39 is 6.10 Å². The summed E-state index contributed by atoms with van der Waals surface area (Å²) in [6.45, 7) is 11.6. The van der Waals surface area contributed by atoms with Crippen LogP contribution in [0.5, 0.6) is 0 Å². The van der Waals surface area contributed by atoms with E-state index in [1.165, 1.54) is 0 Å². The molecule has 118 valence electrons. The number of rotatable bonds is 13. The monoisotopic (exact) mass is 286 g/mol. The zero-order valence-electron chi connectivity index (χ0n) is 12.9. The van der Waals surface area contributed by atoms with Gasteiger partial charge in [-0.25, -0.2) is 0 Å². The fourth-order valence-corrected chi connectivity index (χ4v) is 1.59. The molecule has 2 N–H and O–H groups in total. The first-order valence-corrected chi connectivity index (χ1v) is 7.38. The molecule has 0 spiro atoms. The Morgan fingerprint density at radius 1 is 0.950 bits per heavy atom. The molecule has 0 aromatic heterocycles. The van der Waals surface area contributed by atoms with E-state index in [0.29, 0.717) is 12.4 Å². The fourth-order valence-electron chi connectivity index (χ4n) is 1.59. The predicted octanol–water partition coefficient (Wildman–Crippen LogP) is 3.15. The molecule has 0 saturated carbocycles. The number of hydrogen-bond donors (Lipinski definition) is 2. The Hall–Kier alpha value is -0.840. The summed E-state index contributed by atoms with van der Waals surface area (Å²) in [5.74, 6) is 0.336. The third kappa shape index (κ3) is 11.0. The van der Waals surface area contributed by atoms with Crippen LogP contribution >= 0.6 is 0 Å². The lowest BCUT2D eigenvalue weighted by Gasteiger charge is -2.11. The van der Waals surface area contributed by atoms with Crippen LogP contribution in [0.4, 0.5) is 0 Å². The Bertz CT molecular complexity index is 244. The maximum Gasteiger partial charge on any atom is 0.188 e. The normalized spacial score (nSPS) is 13.8. The van der Waals surface area contributed by atoms with Gasteiger partial charge < -0.3 is 19.7 Å². The predicted molar refractivity (Wildman–Crippen MR) is 81.2 cm³/mol. The summed E-state index contributed by atoms with van der Waals surface area (Å²) < 4.78 is 10.4. The summed E-state index contributed by atoms with van der Waals surface area (Å²) in [7, 11) is 0. The van der Waals surface area contributed by atoms with Crippen LogP contribution in [0.25, 0.3) is 0 Å². The van der Waals surface area contributed by atoms with Gasteiger partial charge in [0.05, 0.1) is 12.7 Å². The van der Waals surface area contributed by atoms with E-state index in [2.05, 4.69) is 13.2 Å². The summed E-state index contributed by atoms with van der Waals surface area (Å²) in [5.41, 5.74) is 0.920. The van der Waals surface area contributed by atoms with Gasteiger partial charge in [0.2, 0.25) is 0 Å². The van der Waals surface area contributed by atoms with Gasteiger partial charge in [-0.15, -0.1) is 0 Å². The summed E-state index contributed by atoms with van der Waals surface area (Å²) >= 11 is 0. The molecule has 0 fully saturated rings. The van der Waals surface area contributed by atoms with E-state index in [-0.39, 0.29) is 12.9 Å². The number of hydrogen-bond acceptors (Lipinski definition) is 4. The van der Waals surface area contributed by atoms with Crippen LogP contribution in [-0.2, 0) is 9.47 Å². The molecule has 0 heterocycles. The Morgan fingerprint density at radius 3 is 2.15 bits per heavy atom. The Morgan fingerprint density at radius 2 is 1.55 bits per heavy atom. The van der Waals surface area contributed by atoms with Crippen LogP contribution in [0.3, 0.4) is 0 Å². The molecule has 0 aliphatic carbocycles. The SMILES string of the molecule is C=C(CCCCCCCOCOC(=C)C(C)O)C(C)O. The van der Waals surface area contributed by atoms with Gasteiger partial charge in [0.25, 0.3) is 0 Å². The second-order valence-electron chi connectivity index (χ2n) is 5.16. The third-order valence-corrected chi connectivity index (χ3v) is 3.17. The average molecular weight is 286 g/mol. The molecular weight excluding hydrogens is 256 g/mol. The lowest BCUT2D eigenvalue weighted by molar-refractivity contribution is -0.0402. The van der Waals surface area contributed by atoms with E-state index in [1.54, 1.807) is 13.8 Å². The molecule has 4 nitrogen and oxygen atoms in total. The zero-order valence-corrected chi connectivity index (χ0v) is 12.9. The maximum atomic E-state index is 9.27. The number of ether oxygens (including phenoxy) is 2. The highest BCUT2D eigenvalue weighted by molar-refractivity contribution is 4.99. The molecule has 20 heavy (non-hydrogen) atoms. The molecule has 0 aliphatic rings. The van der Waals surface area contributed by atoms with E-state index in [4.69, 9.17) is 14.6 Å². The topological polar surface area (TPSA) is 58.9 Å². The summed E-state index contributed by atoms with van der Waals surface area (Å²) in [4.78, 5) is 0. The third-order valence-electron chi connectivity index (χ3n) is 3.17. The molecule has 0 bridgehead atoms. The second kappa shape index (κ2) is 11.9. The lowest BCUT2D eigenvalue weighted by atomic mass is 10.0. The zero-order chi connectivity index (χ0) is 15.4. The van der Waals surface area contributed by atoms with Crippen LogP contribution in [0.15, 0.2) is 24.5 Å². The summed E-state index contributed by atoms with van der Waals surface area (Å²) in [6.07, 6.45) is 5.39. The van der Waals surface area contributed by atoms with Crippen molar-refractivity contribution < 1.29 is 19.7 Å². The minimum Gasteiger partial charge on any atom is -0.470 e. The Kier molecular flexibility index (Phi) is 11.4. The van der Waals surface area contributed by atoms with Crippen molar-refractivity contribution in [1.82, 2.24) is 0 Å². The number of aliphatic hydroxyl groups is 2. The van der Waals surface area contributed by atoms with Gasteiger partial charge in [0, 0.05) is 0 Å². The Balaban J connectivity index is 3.21. The van der Waals surface area contributed by atoms with E-state index in [0.717, 1.165) is 44.1 Å². The minimum atomic E-state index is -0.657. The first kappa shape index (κ1) is 19.2. The van der Waals surface area contributed by atoms with Crippen molar-refractivity contribution >= 4 is 0 Å². The molecule has 2 unspecified atom stereocenters. The van der Waals surface area contributed by atoms with Crippen LogP contribution in [0.1, 0.15) is 52.4 Å². The van der Waals surface area contributed by atoms with Crippen molar-refractivity contribution in [2.24, 2.45) is 0 Å². The molecular formula is C16H30O4. The van der Waals surface area contributed by atoms with Gasteiger partial charge >= 0.3 is 0 Å². The molecule has 0 radical (unpaired) electrons. The first-order valence-electron chi connectivity index (χ1n) is 7.38. The summed E-state index contributed by atoms with van der Waals surface area (Å²) in [6, 6.07) is 0. The van der Waals surface area contributed by atoms with E-state index in [1.807, 2.05) is 0 Å². The van der Waals surface area contributed by atoms with Crippen LogP contribution in [-0.4, -0.2) is 35.8 Å². The van der Waals surface area contributed by atoms with Crippen molar-refractivity contribution in [2.75, 3.05) is 13.4 Å². The fraction of sp³-hybridized carbons (Fsp3) is 0.750. The quantitative estimate of drug-likeness (QED) is 0.236. The highest BCUT2D eigenvalue weighted by Crippen LogP contribution is 2.12. The van der Waals surface area contributed by atoms with Gasteiger partial charge in [-0.3, -0.25) is 0 Å². The highest BCUT2D eigenvalue weighted by Gasteiger charge is 2.02. The molecule has 0 aromatic rings. The van der Waals surface area contributed by atoms with E-state index >= 15 is 0 Å². The lowest BCUT2D eigenvalue weighted by Crippen LogP contribution is -2.09. The van der Waals surface area contributed by atoms with Gasteiger partial charge in [0.1, 0.15) is 11.9 Å². The van der Waals surface area contributed by atoms with Gasteiger partial charge in [-0.05, 0) is 38.7 Å². The molecule has 2 atom stereocenters. The smallest absolute Gasteiger partial charge is 0.188 e. The van der Waals surface area contributed by atoms with Crippen molar-refractivity contribution in [3.05, 3.63) is 24.5 Å². The highest BCUT2D eigenvalue weighted by atomic mass is 16.7. The largest absolute Gasteiger partial charge is 0.470 e. The number of aliphatic hydroxyl groups excluding tert-OH is 2. The minimum absolute atomic E-state index is 0.151. The molecule has 4 heteroatoms. The Labute approximate surface area is 123 Å². The molecule has 0 saturated heterocycles. The van der Waals surface area contributed by atoms with Crippen molar-refractivity contribution in [2.45, 2.75) is 64.6 Å². The van der Waals surface area contributed by atoms with Gasteiger partial charge in [-0.2, -0.15) is 0 Å². The van der Waals surface area contributed by atoms with Crippen LogP contribution in [0.2, 0.25) is 0 Å². The standard InChI is InChI=1S/C16H30O4/c1-13(14(2)17)10-8-6-5-7-9-11-19-12-20-16(4)15(3)18/h14-15,17-18H,1,4-12H2,2-3H3. The maximum absolute atomic E-state index is 9.27. The van der Waals surface area contributed by atoms with Crippen molar-refractivity contribution in [3.63, 3.8) is 0 Å². The second-order valence-corrected chi connectivity index (χ2v) is 5.16. The van der Waals surface area contributed by atoms with Crippen LogP contribution in [0, 0.1) is 0 Å². The van der Waals surface area contributed by atoms with E-state index in [9.17, 15) is 5.11 Å².